The second kappa shape index (κ2) is 7.55. The lowest BCUT2D eigenvalue weighted by molar-refractivity contribution is -0.114. The summed E-state index contributed by atoms with van der Waals surface area (Å²) in [5, 5.41) is 3.04. The van der Waals surface area contributed by atoms with E-state index in [1.807, 2.05) is 19.6 Å². The molecule has 1 amide bonds. The zero-order valence-electron chi connectivity index (χ0n) is 15.7. The summed E-state index contributed by atoms with van der Waals surface area (Å²) in [4.78, 5) is 11.5. The number of benzene rings is 2. The molecule has 0 bridgehead atoms. The van der Waals surface area contributed by atoms with Crippen LogP contribution in [0.25, 0.3) is 11.1 Å². The first-order valence-electron chi connectivity index (χ1n) is 8.24. The number of methoxy groups -OCH3 is 1. The van der Waals surface area contributed by atoms with E-state index in [9.17, 15) is 13.6 Å². The van der Waals surface area contributed by atoms with E-state index in [2.05, 4.69) is 5.32 Å². The highest BCUT2D eigenvalue weighted by Crippen LogP contribution is 2.38. The molecule has 0 aliphatic carbocycles. The van der Waals surface area contributed by atoms with Gasteiger partial charge in [0, 0.05) is 36.4 Å². The predicted molar refractivity (Wildman–Crippen MR) is 104 cm³/mol. The monoisotopic (exact) mass is 378 g/mol. The number of carbonyl (C=O) groups is 1. The first-order valence-corrected chi connectivity index (χ1v) is 11.7. The summed E-state index contributed by atoms with van der Waals surface area (Å²) in [6.07, 6.45) is 0. The highest BCUT2D eigenvalue weighted by molar-refractivity contribution is 6.88. The lowest BCUT2D eigenvalue weighted by atomic mass is 9.97. The van der Waals surface area contributed by atoms with Crippen LogP contribution in [0.2, 0.25) is 19.6 Å². The summed E-state index contributed by atoms with van der Waals surface area (Å²) >= 11 is 0. The minimum Gasteiger partial charge on any atom is -0.398 e. The van der Waals surface area contributed by atoms with Gasteiger partial charge in [-0.15, -0.1) is 0 Å². The van der Waals surface area contributed by atoms with Crippen molar-refractivity contribution in [3.05, 3.63) is 41.5 Å². The third kappa shape index (κ3) is 4.11. The van der Waals surface area contributed by atoms with E-state index in [4.69, 9.17) is 10.5 Å². The number of anilines is 2. The van der Waals surface area contributed by atoms with Crippen molar-refractivity contribution < 1.29 is 18.3 Å². The van der Waals surface area contributed by atoms with Crippen molar-refractivity contribution in [2.45, 2.75) is 33.2 Å². The smallest absolute Gasteiger partial charge is 0.221 e. The standard InChI is InChI=1S/C19H24F2N2O2Si/c1-11(24)23-16-7-6-12(10-25-2)19(22)18(16)13-8-15(21)17(9-14(13)20)26(3,4)5/h6-9H,10,22H2,1-5H3,(H,23,24). The van der Waals surface area contributed by atoms with Crippen LogP contribution in [0.15, 0.2) is 24.3 Å². The van der Waals surface area contributed by atoms with Crippen LogP contribution < -0.4 is 16.2 Å². The average Bonchev–Trinajstić information content (AvgIpc) is 2.51. The second-order valence-corrected chi connectivity index (χ2v) is 12.3. The van der Waals surface area contributed by atoms with Gasteiger partial charge in [0.15, 0.2) is 0 Å². The third-order valence-corrected chi connectivity index (χ3v) is 6.08. The molecule has 0 fully saturated rings. The molecule has 0 aromatic heterocycles. The SMILES string of the molecule is COCc1ccc(NC(C)=O)c(-c2cc(F)c([Si](C)(C)C)cc2F)c1N. The normalized spacial score (nSPS) is 11.5. The first kappa shape index (κ1) is 20.1. The van der Waals surface area contributed by atoms with E-state index in [0.717, 1.165) is 6.07 Å². The van der Waals surface area contributed by atoms with E-state index in [1.165, 1.54) is 20.1 Å². The van der Waals surface area contributed by atoms with Gasteiger partial charge in [0.1, 0.15) is 11.6 Å². The van der Waals surface area contributed by atoms with E-state index in [-0.39, 0.29) is 29.3 Å². The maximum Gasteiger partial charge on any atom is 0.221 e. The molecule has 140 valence electrons. The maximum atomic E-state index is 14.9. The predicted octanol–water partition coefficient (Wildman–Crippen LogP) is 3.86. The van der Waals surface area contributed by atoms with Gasteiger partial charge in [0.2, 0.25) is 5.91 Å². The Kier molecular flexibility index (Phi) is 5.83. The number of nitrogen functional groups attached to an aromatic ring is 1. The summed E-state index contributed by atoms with van der Waals surface area (Å²) in [6.45, 7) is 7.40. The Morgan fingerprint density at radius 2 is 1.85 bits per heavy atom. The van der Waals surface area contributed by atoms with Crippen molar-refractivity contribution in [2.75, 3.05) is 18.2 Å². The minimum absolute atomic E-state index is 0.0173. The molecule has 0 aliphatic heterocycles. The summed E-state index contributed by atoms with van der Waals surface area (Å²) in [7, 11) is -0.528. The number of halogens is 2. The molecule has 0 saturated carbocycles. The molecule has 0 saturated heterocycles. The van der Waals surface area contributed by atoms with Crippen molar-refractivity contribution in [3.8, 4) is 11.1 Å². The van der Waals surface area contributed by atoms with Gasteiger partial charge in [-0.2, -0.15) is 0 Å². The fourth-order valence-corrected chi connectivity index (χ4v) is 4.19. The Morgan fingerprint density at radius 3 is 2.38 bits per heavy atom. The topological polar surface area (TPSA) is 64.3 Å². The molecule has 7 heteroatoms. The zero-order valence-corrected chi connectivity index (χ0v) is 16.7. The van der Waals surface area contributed by atoms with Crippen LogP contribution in [0.1, 0.15) is 12.5 Å². The summed E-state index contributed by atoms with van der Waals surface area (Å²) in [6, 6.07) is 5.72. The summed E-state index contributed by atoms with van der Waals surface area (Å²) in [5.41, 5.74) is 7.69. The third-order valence-electron chi connectivity index (χ3n) is 4.08. The van der Waals surface area contributed by atoms with Gasteiger partial charge in [0.25, 0.3) is 0 Å². The maximum absolute atomic E-state index is 14.9. The first-order chi connectivity index (χ1) is 12.1. The van der Waals surface area contributed by atoms with Crippen LogP contribution >= 0.6 is 0 Å². The fraction of sp³-hybridized carbons (Fsp3) is 0.316. The molecular formula is C19H24F2N2O2Si. The zero-order chi connectivity index (χ0) is 19.6. The van der Waals surface area contributed by atoms with Gasteiger partial charge in [0.05, 0.1) is 20.4 Å². The molecule has 4 nitrogen and oxygen atoms in total. The molecule has 0 unspecified atom stereocenters. The molecule has 3 N–H and O–H groups in total. The van der Waals surface area contributed by atoms with Crippen LogP contribution in [0.3, 0.4) is 0 Å². The van der Waals surface area contributed by atoms with Crippen LogP contribution in [0.4, 0.5) is 20.2 Å². The highest BCUT2D eigenvalue weighted by atomic mass is 28.3. The van der Waals surface area contributed by atoms with Crippen LogP contribution in [-0.4, -0.2) is 21.1 Å². The number of nitrogens with two attached hydrogens (primary N) is 1. The van der Waals surface area contributed by atoms with E-state index >= 15 is 0 Å². The van der Waals surface area contributed by atoms with Crippen molar-refractivity contribution >= 4 is 30.5 Å². The molecule has 0 radical (unpaired) electrons. The Morgan fingerprint density at radius 1 is 1.19 bits per heavy atom. The lowest BCUT2D eigenvalue weighted by Gasteiger charge is -2.21. The molecule has 26 heavy (non-hydrogen) atoms. The summed E-state index contributed by atoms with van der Waals surface area (Å²) < 4.78 is 34.7. The van der Waals surface area contributed by atoms with E-state index in [0.29, 0.717) is 16.4 Å². The number of carbonyl (C=O) groups excluding carboxylic acids is 1. The van der Waals surface area contributed by atoms with Gasteiger partial charge >= 0.3 is 0 Å². The van der Waals surface area contributed by atoms with Crippen molar-refractivity contribution in [1.82, 2.24) is 0 Å². The summed E-state index contributed by atoms with van der Waals surface area (Å²) in [5.74, 6) is -1.37. The molecule has 2 rings (SSSR count). The van der Waals surface area contributed by atoms with Gasteiger partial charge in [-0.3, -0.25) is 4.79 Å². The minimum atomic E-state index is -2.05. The molecule has 0 heterocycles. The number of rotatable bonds is 5. The van der Waals surface area contributed by atoms with Crippen molar-refractivity contribution in [2.24, 2.45) is 0 Å². The molecule has 0 aliphatic rings. The Hall–Kier alpha value is -2.25. The number of nitrogens with one attached hydrogen (secondary N) is 1. The largest absolute Gasteiger partial charge is 0.398 e. The average molecular weight is 378 g/mol. The molecular weight excluding hydrogens is 354 g/mol. The second-order valence-electron chi connectivity index (χ2n) is 7.24. The number of hydrogen-bond donors (Lipinski definition) is 2. The molecule has 2 aromatic rings. The molecule has 0 spiro atoms. The molecule has 2 aromatic carbocycles. The molecule has 0 atom stereocenters. The highest BCUT2D eigenvalue weighted by Gasteiger charge is 2.25. The van der Waals surface area contributed by atoms with E-state index in [1.54, 1.807) is 12.1 Å². The lowest BCUT2D eigenvalue weighted by Crippen LogP contribution is -2.40. The fourth-order valence-electron chi connectivity index (χ4n) is 2.84. The van der Waals surface area contributed by atoms with Gasteiger partial charge < -0.3 is 15.8 Å². The number of amides is 1. The van der Waals surface area contributed by atoms with Crippen molar-refractivity contribution in [3.63, 3.8) is 0 Å². The Balaban J connectivity index is 2.75. The van der Waals surface area contributed by atoms with Gasteiger partial charge in [-0.25, -0.2) is 8.78 Å². The van der Waals surface area contributed by atoms with Gasteiger partial charge in [-0.05, 0) is 23.4 Å². The number of ether oxygens (including phenoxy) is 1. The van der Waals surface area contributed by atoms with Crippen LogP contribution in [-0.2, 0) is 16.1 Å². The number of hydrogen-bond acceptors (Lipinski definition) is 3. The quantitative estimate of drug-likeness (QED) is 0.613. The van der Waals surface area contributed by atoms with Gasteiger partial charge in [-0.1, -0.05) is 25.7 Å². The van der Waals surface area contributed by atoms with Crippen LogP contribution in [0, 0.1) is 11.6 Å². The Labute approximate surface area is 153 Å². The van der Waals surface area contributed by atoms with Crippen LogP contribution in [0.5, 0.6) is 0 Å². The van der Waals surface area contributed by atoms with Crippen molar-refractivity contribution in [1.29, 1.82) is 0 Å². The van der Waals surface area contributed by atoms with E-state index < -0.39 is 19.7 Å². The Bertz CT molecular complexity index is 848.